The number of pyridine rings is 1. The molecule has 0 unspecified atom stereocenters. The van der Waals surface area contributed by atoms with Gasteiger partial charge in [0.25, 0.3) is 0 Å². The molecule has 0 spiro atoms. The summed E-state index contributed by atoms with van der Waals surface area (Å²) in [6.07, 6.45) is 2.34. The zero-order chi connectivity index (χ0) is 12.1. The first-order valence-electron chi connectivity index (χ1n) is 5.54. The Morgan fingerprint density at radius 2 is 2.19 bits per heavy atom. The molecule has 1 rings (SSSR count). The van der Waals surface area contributed by atoms with Crippen molar-refractivity contribution in [3.05, 3.63) is 23.4 Å². The summed E-state index contributed by atoms with van der Waals surface area (Å²) in [5, 5.41) is 0. The molecule has 0 amide bonds. The molecule has 2 N–H and O–H groups in total. The molecule has 0 aliphatic carbocycles. The maximum Gasteiger partial charge on any atom is 0.129 e. The average molecular weight is 237 g/mol. The van der Waals surface area contributed by atoms with Crippen molar-refractivity contribution >= 4 is 23.0 Å². The molecule has 88 valence electrons. The van der Waals surface area contributed by atoms with E-state index in [0.29, 0.717) is 4.99 Å². The number of anilines is 1. The van der Waals surface area contributed by atoms with Crippen LogP contribution in [0, 0.1) is 6.92 Å². The van der Waals surface area contributed by atoms with Crippen molar-refractivity contribution in [1.29, 1.82) is 0 Å². The van der Waals surface area contributed by atoms with Crippen LogP contribution in [0.3, 0.4) is 0 Å². The third-order valence-corrected chi connectivity index (χ3v) is 2.70. The molecule has 0 aliphatic rings. The van der Waals surface area contributed by atoms with Crippen molar-refractivity contribution in [1.82, 2.24) is 4.98 Å². The Kier molecular flexibility index (Phi) is 4.68. The van der Waals surface area contributed by atoms with Crippen molar-refractivity contribution in [2.45, 2.75) is 26.7 Å². The molecule has 0 fully saturated rings. The van der Waals surface area contributed by atoms with E-state index in [1.54, 1.807) is 0 Å². The number of hydrogen-bond donors (Lipinski definition) is 1. The van der Waals surface area contributed by atoms with Gasteiger partial charge < -0.3 is 10.6 Å². The van der Waals surface area contributed by atoms with Crippen LogP contribution in [0.1, 0.15) is 31.0 Å². The molecule has 1 aromatic rings. The molecule has 0 saturated carbocycles. The van der Waals surface area contributed by atoms with Crippen LogP contribution in [0.2, 0.25) is 0 Å². The Morgan fingerprint density at radius 1 is 1.50 bits per heavy atom. The van der Waals surface area contributed by atoms with Crippen LogP contribution in [-0.4, -0.2) is 23.6 Å². The highest BCUT2D eigenvalue weighted by atomic mass is 32.1. The largest absolute Gasteiger partial charge is 0.389 e. The third kappa shape index (κ3) is 3.45. The molecule has 0 aliphatic heterocycles. The first-order valence-corrected chi connectivity index (χ1v) is 5.95. The number of unbranched alkanes of at least 4 members (excludes halogenated alkanes) is 1. The van der Waals surface area contributed by atoms with Crippen molar-refractivity contribution in [3.8, 4) is 0 Å². The van der Waals surface area contributed by atoms with E-state index in [9.17, 15) is 0 Å². The molecule has 1 heterocycles. The zero-order valence-corrected chi connectivity index (χ0v) is 11.0. The number of hydrogen-bond acceptors (Lipinski definition) is 3. The lowest BCUT2D eigenvalue weighted by molar-refractivity contribution is 0.758. The normalized spacial score (nSPS) is 10.2. The summed E-state index contributed by atoms with van der Waals surface area (Å²) in [4.78, 5) is 7.04. The van der Waals surface area contributed by atoms with Crippen LogP contribution in [0.4, 0.5) is 5.82 Å². The molecular formula is C12H19N3S. The number of thiocarbonyl (C=S) groups is 1. The van der Waals surface area contributed by atoms with Gasteiger partial charge in [-0.2, -0.15) is 0 Å². The van der Waals surface area contributed by atoms with Gasteiger partial charge in [-0.1, -0.05) is 25.6 Å². The van der Waals surface area contributed by atoms with Crippen molar-refractivity contribution in [2.24, 2.45) is 5.73 Å². The summed E-state index contributed by atoms with van der Waals surface area (Å²) in [7, 11) is 2.04. The van der Waals surface area contributed by atoms with Crippen LogP contribution in [0.25, 0.3) is 0 Å². The van der Waals surface area contributed by atoms with E-state index in [4.69, 9.17) is 18.0 Å². The highest BCUT2D eigenvalue weighted by Crippen LogP contribution is 2.14. The monoisotopic (exact) mass is 237 g/mol. The van der Waals surface area contributed by atoms with Crippen LogP contribution >= 0.6 is 12.2 Å². The molecule has 16 heavy (non-hydrogen) atoms. The summed E-state index contributed by atoms with van der Waals surface area (Å²) in [6, 6.07) is 3.87. The van der Waals surface area contributed by atoms with Gasteiger partial charge in [0.2, 0.25) is 0 Å². The van der Waals surface area contributed by atoms with E-state index in [1.807, 2.05) is 26.1 Å². The topological polar surface area (TPSA) is 42.1 Å². The number of rotatable bonds is 5. The highest BCUT2D eigenvalue weighted by Gasteiger charge is 2.06. The van der Waals surface area contributed by atoms with Gasteiger partial charge in [0.05, 0.1) is 0 Å². The third-order valence-electron chi connectivity index (χ3n) is 2.46. The Balaban J connectivity index is 2.91. The van der Waals surface area contributed by atoms with Crippen molar-refractivity contribution < 1.29 is 0 Å². The van der Waals surface area contributed by atoms with E-state index in [2.05, 4.69) is 16.8 Å². The lowest BCUT2D eigenvalue weighted by Gasteiger charge is -2.19. The molecule has 0 atom stereocenters. The lowest BCUT2D eigenvalue weighted by Crippen LogP contribution is -2.21. The van der Waals surface area contributed by atoms with Crippen LogP contribution in [0.5, 0.6) is 0 Å². The molecule has 1 aromatic heterocycles. The molecular weight excluding hydrogens is 218 g/mol. The quantitative estimate of drug-likeness (QED) is 0.798. The Labute approximate surface area is 103 Å². The molecule has 4 heteroatoms. The van der Waals surface area contributed by atoms with Gasteiger partial charge in [-0.15, -0.1) is 0 Å². The number of nitrogens with two attached hydrogens (primary N) is 1. The summed E-state index contributed by atoms with van der Waals surface area (Å²) in [5.74, 6) is 0.941. The Bertz CT molecular complexity index is 377. The first kappa shape index (κ1) is 12.9. The van der Waals surface area contributed by atoms with E-state index in [1.165, 1.54) is 6.42 Å². The van der Waals surface area contributed by atoms with Crippen LogP contribution < -0.4 is 10.6 Å². The van der Waals surface area contributed by atoms with Gasteiger partial charge in [0.1, 0.15) is 10.8 Å². The Morgan fingerprint density at radius 3 is 2.75 bits per heavy atom. The van der Waals surface area contributed by atoms with Gasteiger partial charge in [-0.25, -0.2) is 4.98 Å². The molecule has 0 bridgehead atoms. The van der Waals surface area contributed by atoms with Crippen LogP contribution in [-0.2, 0) is 0 Å². The molecule has 0 aromatic carbocycles. The number of aryl methyl sites for hydroxylation is 1. The van der Waals surface area contributed by atoms with E-state index in [0.717, 1.165) is 30.0 Å². The van der Waals surface area contributed by atoms with Gasteiger partial charge in [-0.3, -0.25) is 0 Å². The fraction of sp³-hybridized carbons (Fsp3) is 0.500. The fourth-order valence-electron chi connectivity index (χ4n) is 1.50. The van der Waals surface area contributed by atoms with E-state index in [-0.39, 0.29) is 0 Å². The van der Waals surface area contributed by atoms with Gasteiger partial charge in [-0.05, 0) is 25.5 Å². The smallest absolute Gasteiger partial charge is 0.129 e. The van der Waals surface area contributed by atoms with Gasteiger partial charge in [0, 0.05) is 24.8 Å². The highest BCUT2D eigenvalue weighted by molar-refractivity contribution is 7.80. The van der Waals surface area contributed by atoms with Gasteiger partial charge in [0.15, 0.2) is 0 Å². The van der Waals surface area contributed by atoms with Crippen LogP contribution in [0.15, 0.2) is 12.1 Å². The Hall–Kier alpha value is -1.16. The summed E-state index contributed by atoms with van der Waals surface area (Å²) < 4.78 is 0. The molecule has 0 radical (unpaired) electrons. The predicted molar refractivity (Wildman–Crippen MR) is 73.0 cm³/mol. The van der Waals surface area contributed by atoms with E-state index >= 15 is 0 Å². The van der Waals surface area contributed by atoms with Gasteiger partial charge >= 0.3 is 0 Å². The SMILES string of the molecule is CCCCN(C)c1cc(C(N)=S)cc(C)n1. The maximum absolute atomic E-state index is 5.64. The summed E-state index contributed by atoms with van der Waals surface area (Å²) in [5.41, 5.74) is 7.47. The molecule has 3 nitrogen and oxygen atoms in total. The predicted octanol–water partition coefficient (Wildman–Crippen LogP) is 2.26. The molecule has 0 saturated heterocycles. The zero-order valence-electron chi connectivity index (χ0n) is 10.2. The van der Waals surface area contributed by atoms with Crippen molar-refractivity contribution in [3.63, 3.8) is 0 Å². The second kappa shape index (κ2) is 5.80. The lowest BCUT2D eigenvalue weighted by atomic mass is 10.2. The standard InChI is InChI=1S/C12H19N3S/c1-4-5-6-15(3)11-8-10(12(13)16)7-9(2)14-11/h7-8H,4-6H2,1-3H3,(H2,13,16). The summed E-state index contributed by atoms with van der Waals surface area (Å²) >= 11 is 4.99. The minimum absolute atomic E-state index is 0.427. The number of nitrogens with zero attached hydrogens (tertiary/aromatic N) is 2. The fourth-order valence-corrected chi connectivity index (χ4v) is 1.62. The minimum atomic E-state index is 0.427. The van der Waals surface area contributed by atoms with E-state index < -0.39 is 0 Å². The average Bonchev–Trinajstić information content (AvgIpc) is 2.24. The summed E-state index contributed by atoms with van der Waals surface area (Å²) in [6.45, 7) is 5.14. The number of aromatic nitrogens is 1. The first-order chi connectivity index (χ1) is 7.54. The minimum Gasteiger partial charge on any atom is -0.389 e. The maximum atomic E-state index is 5.64. The second-order valence-electron chi connectivity index (χ2n) is 3.99. The second-order valence-corrected chi connectivity index (χ2v) is 4.43. The van der Waals surface area contributed by atoms with Crippen molar-refractivity contribution in [2.75, 3.05) is 18.5 Å².